The summed E-state index contributed by atoms with van der Waals surface area (Å²) in [6.07, 6.45) is 4.75. The highest BCUT2D eigenvalue weighted by atomic mass is 32.2. The second-order valence-electron chi connectivity index (χ2n) is 8.39. The van der Waals surface area contributed by atoms with Crippen LogP contribution in [0.25, 0.3) is 21.8 Å². The Morgan fingerprint density at radius 1 is 1.45 bits per heavy atom. The van der Waals surface area contributed by atoms with Gasteiger partial charge in [-0.2, -0.15) is 0 Å². The van der Waals surface area contributed by atoms with Gasteiger partial charge in [-0.1, -0.05) is 18.7 Å². The fourth-order valence-electron chi connectivity index (χ4n) is 4.16. The van der Waals surface area contributed by atoms with Gasteiger partial charge in [0.05, 0.1) is 16.9 Å². The van der Waals surface area contributed by atoms with Gasteiger partial charge in [0.25, 0.3) is 5.56 Å². The molecule has 0 aromatic carbocycles. The number of hydrogen-bond acceptors (Lipinski definition) is 8. The summed E-state index contributed by atoms with van der Waals surface area (Å²) in [4.78, 5) is 34.3. The van der Waals surface area contributed by atoms with Crippen molar-refractivity contribution in [2.45, 2.75) is 56.5 Å². The van der Waals surface area contributed by atoms with Gasteiger partial charge in [0.2, 0.25) is 5.91 Å². The van der Waals surface area contributed by atoms with Gasteiger partial charge in [-0.25, -0.2) is 4.98 Å². The number of hydrogen-bond donors (Lipinski definition) is 2. The molecular formula is C22H24N6O3S2. The molecule has 0 radical (unpaired) electrons. The maximum atomic E-state index is 13.0. The maximum absolute atomic E-state index is 13.0. The number of furan rings is 1. The molecule has 172 valence electrons. The molecule has 9 nitrogen and oxygen atoms in total. The first-order valence-electron chi connectivity index (χ1n) is 10.9. The lowest BCUT2D eigenvalue weighted by molar-refractivity contribution is -0.118. The summed E-state index contributed by atoms with van der Waals surface area (Å²) < 4.78 is 7.29. The van der Waals surface area contributed by atoms with Crippen LogP contribution in [-0.4, -0.2) is 30.6 Å². The number of H-pyrrole nitrogens is 1. The Hall–Kier alpha value is -2.92. The molecule has 0 aliphatic heterocycles. The first-order valence-corrected chi connectivity index (χ1v) is 12.6. The van der Waals surface area contributed by atoms with Crippen molar-refractivity contribution in [3.05, 3.63) is 45.0 Å². The lowest BCUT2D eigenvalue weighted by Gasteiger charge is -2.17. The van der Waals surface area contributed by atoms with E-state index in [4.69, 9.17) is 15.1 Å². The van der Waals surface area contributed by atoms with E-state index in [1.807, 2.05) is 11.5 Å². The Morgan fingerprint density at radius 3 is 3.06 bits per heavy atom. The number of nitrogens with zero attached hydrogens (tertiary/aromatic N) is 4. The molecule has 2 atom stereocenters. The summed E-state index contributed by atoms with van der Waals surface area (Å²) in [5, 5.41) is 9.71. The number of nitrogens with two attached hydrogens (primary N) is 1. The van der Waals surface area contributed by atoms with E-state index in [1.165, 1.54) is 22.2 Å². The zero-order valence-electron chi connectivity index (χ0n) is 18.3. The Balaban J connectivity index is 1.46. The quantitative estimate of drug-likeness (QED) is 0.382. The fraction of sp³-hybridized carbons (Fsp3) is 0.409. The van der Waals surface area contributed by atoms with Crippen LogP contribution < -0.4 is 11.3 Å². The highest BCUT2D eigenvalue weighted by Crippen LogP contribution is 2.38. The molecule has 4 heterocycles. The summed E-state index contributed by atoms with van der Waals surface area (Å²) in [6, 6.07) is 3.55. The fourth-order valence-corrected chi connectivity index (χ4v) is 6.48. The molecule has 3 N–H and O–H groups in total. The summed E-state index contributed by atoms with van der Waals surface area (Å²) in [7, 11) is 0. The lowest BCUT2D eigenvalue weighted by Crippen LogP contribution is -2.16. The van der Waals surface area contributed by atoms with Gasteiger partial charge in [-0.05, 0) is 49.8 Å². The molecule has 4 aromatic heterocycles. The van der Waals surface area contributed by atoms with E-state index in [0.29, 0.717) is 35.0 Å². The molecule has 5 rings (SSSR count). The molecule has 1 aliphatic carbocycles. The Kier molecular flexibility index (Phi) is 5.83. The Labute approximate surface area is 197 Å². The van der Waals surface area contributed by atoms with Crippen LogP contribution in [0.3, 0.4) is 0 Å². The average molecular weight is 485 g/mol. The number of aromatic amines is 1. The van der Waals surface area contributed by atoms with E-state index < -0.39 is 5.91 Å². The van der Waals surface area contributed by atoms with Crippen LogP contribution in [0.4, 0.5) is 0 Å². The number of aryl methyl sites for hydroxylation is 1. The van der Waals surface area contributed by atoms with Crippen molar-refractivity contribution < 1.29 is 9.21 Å². The van der Waals surface area contributed by atoms with Gasteiger partial charge < -0.3 is 15.1 Å². The van der Waals surface area contributed by atoms with Gasteiger partial charge in [-0.3, -0.25) is 14.2 Å². The van der Waals surface area contributed by atoms with Gasteiger partial charge >= 0.3 is 0 Å². The third kappa shape index (κ3) is 4.22. The summed E-state index contributed by atoms with van der Waals surface area (Å²) >= 11 is 3.05. The van der Waals surface area contributed by atoms with Crippen molar-refractivity contribution in [1.29, 1.82) is 0 Å². The minimum atomic E-state index is -0.412. The molecule has 4 aromatic rings. The predicted molar refractivity (Wildman–Crippen MR) is 127 cm³/mol. The number of carbonyl (C=O) groups excluding carboxylic acids is 1. The summed E-state index contributed by atoms with van der Waals surface area (Å²) in [5.74, 6) is 1.89. The van der Waals surface area contributed by atoms with Crippen molar-refractivity contribution in [1.82, 2.24) is 24.7 Å². The molecule has 33 heavy (non-hydrogen) atoms. The molecule has 0 fully saturated rings. The molecular weight excluding hydrogens is 460 g/mol. The first kappa shape index (κ1) is 21.9. The van der Waals surface area contributed by atoms with Crippen LogP contribution in [0, 0.1) is 5.92 Å². The van der Waals surface area contributed by atoms with Crippen molar-refractivity contribution in [3.8, 4) is 11.6 Å². The van der Waals surface area contributed by atoms with Gasteiger partial charge in [0, 0.05) is 17.8 Å². The van der Waals surface area contributed by atoms with Crippen LogP contribution in [0.1, 0.15) is 48.2 Å². The van der Waals surface area contributed by atoms with Crippen molar-refractivity contribution in [2.24, 2.45) is 11.7 Å². The number of nitrogens with one attached hydrogen (secondary N) is 1. The molecule has 0 saturated heterocycles. The number of aromatic nitrogens is 5. The van der Waals surface area contributed by atoms with Crippen LogP contribution in [0.2, 0.25) is 0 Å². The molecule has 2 unspecified atom stereocenters. The number of thioether (sulfide) groups is 1. The topological polar surface area (TPSA) is 133 Å². The molecule has 0 spiro atoms. The standard InChI is InChI=1S/C22H24N6O3S2/c1-11-5-6-13-15(10-11)33-21-17(13)20(30)24-18(25-21)12(2)32-22-27-26-19(14-4-3-9-31-14)28(22)8-7-16(23)29/h3-4,9,11-12H,5-8,10H2,1-2H3,(H2,23,29)(H,24,25,30). The van der Waals surface area contributed by atoms with Crippen molar-refractivity contribution in [2.75, 3.05) is 0 Å². The van der Waals surface area contributed by atoms with Crippen molar-refractivity contribution >= 4 is 39.2 Å². The average Bonchev–Trinajstić information content (AvgIpc) is 3.50. The van der Waals surface area contributed by atoms with Gasteiger partial charge in [0.1, 0.15) is 10.7 Å². The van der Waals surface area contributed by atoms with E-state index in [0.717, 1.165) is 29.5 Å². The number of primary amides is 1. The molecule has 1 amide bonds. The number of thiophene rings is 1. The zero-order valence-corrected chi connectivity index (χ0v) is 20.0. The SMILES string of the molecule is CC1CCc2c(sc3nc(C(C)Sc4nnc(-c5ccco5)n4CCC(N)=O)[nH]c(=O)c23)C1. The number of fused-ring (bicyclic) bond motifs is 3. The minimum absolute atomic E-state index is 0.0824. The van der Waals surface area contributed by atoms with Gasteiger partial charge in [0.15, 0.2) is 16.7 Å². The van der Waals surface area contributed by atoms with Crippen LogP contribution in [0.15, 0.2) is 32.8 Å². The number of amides is 1. The van der Waals surface area contributed by atoms with Crippen LogP contribution >= 0.6 is 23.1 Å². The zero-order chi connectivity index (χ0) is 23.1. The molecule has 0 bridgehead atoms. The molecule has 0 saturated carbocycles. The lowest BCUT2D eigenvalue weighted by atomic mass is 9.89. The van der Waals surface area contributed by atoms with E-state index in [2.05, 4.69) is 22.1 Å². The normalized spacial score (nSPS) is 16.7. The summed E-state index contributed by atoms with van der Waals surface area (Å²) in [5.41, 5.74) is 6.45. The van der Waals surface area contributed by atoms with E-state index in [9.17, 15) is 9.59 Å². The third-order valence-corrected chi connectivity index (χ3v) is 8.13. The predicted octanol–water partition coefficient (Wildman–Crippen LogP) is 3.69. The van der Waals surface area contributed by atoms with Gasteiger partial charge in [-0.15, -0.1) is 21.5 Å². The first-order chi connectivity index (χ1) is 15.9. The maximum Gasteiger partial charge on any atom is 0.259 e. The Morgan fingerprint density at radius 2 is 2.30 bits per heavy atom. The second kappa shape index (κ2) is 8.79. The largest absolute Gasteiger partial charge is 0.461 e. The van der Waals surface area contributed by atoms with E-state index in [1.54, 1.807) is 29.7 Å². The minimum Gasteiger partial charge on any atom is -0.461 e. The van der Waals surface area contributed by atoms with Crippen molar-refractivity contribution in [3.63, 3.8) is 0 Å². The van der Waals surface area contributed by atoms with E-state index >= 15 is 0 Å². The Bertz CT molecular complexity index is 1370. The van der Waals surface area contributed by atoms with Crippen LogP contribution in [-0.2, 0) is 24.2 Å². The monoisotopic (exact) mass is 484 g/mol. The number of rotatable bonds is 7. The highest BCUT2D eigenvalue weighted by molar-refractivity contribution is 7.99. The van der Waals surface area contributed by atoms with Crippen LogP contribution in [0.5, 0.6) is 0 Å². The summed E-state index contributed by atoms with van der Waals surface area (Å²) in [6.45, 7) is 4.54. The third-order valence-electron chi connectivity index (χ3n) is 5.89. The smallest absolute Gasteiger partial charge is 0.259 e. The van der Waals surface area contributed by atoms with E-state index in [-0.39, 0.29) is 17.2 Å². The second-order valence-corrected chi connectivity index (χ2v) is 10.8. The molecule has 1 aliphatic rings. The highest BCUT2D eigenvalue weighted by Gasteiger charge is 2.25. The number of carbonyl (C=O) groups is 1. The molecule has 11 heteroatoms.